The number of nitrogens with one attached hydrogen (secondary N) is 1. The minimum atomic E-state index is -3.68. The zero-order valence-corrected chi connectivity index (χ0v) is 16.4. The molecular weight excluding hydrogens is 390 g/mol. The lowest BCUT2D eigenvalue weighted by molar-refractivity contribution is -0.0498. The summed E-state index contributed by atoms with van der Waals surface area (Å²) in [6.07, 6.45) is 0. The van der Waals surface area contributed by atoms with Crippen molar-refractivity contribution in [1.29, 1.82) is 0 Å². The van der Waals surface area contributed by atoms with Gasteiger partial charge in [0, 0.05) is 25.2 Å². The highest BCUT2D eigenvalue weighted by molar-refractivity contribution is 7.89. The first-order valence-corrected chi connectivity index (χ1v) is 10.1. The van der Waals surface area contributed by atoms with Gasteiger partial charge >= 0.3 is 6.61 Å². The molecule has 0 aliphatic carbocycles. The van der Waals surface area contributed by atoms with E-state index in [2.05, 4.69) is 10.1 Å². The molecule has 152 valence electrons. The Kier molecular flexibility index (Phi) is 7.47. The third-order valence-electron chi connectivity index (χ3n) is 4.02. The van der Waals surface area contributed by atoms with E-state index in [1.54, 1.807) is 19.9 Å². The van der Waals surface area contributed by atoms with Gasteiger partial charge in [0.15, 0.2) is 0 Å². The first kappa shape index (κ1) is 21.8. The van der Waals surface area contributed by atoms with Crippen LogP contribution in [0.15, 0.2) is 53.4 Å². The molecule has 0 fully saturated rings. The first-order chi connectivity index (χ1) is 13.3. The van der Waals surface area contributed by atoms with Gasteiger partial charge < -0.3 is 10.1 Å². The third kappa shape index (κ3) is 5.49. The fourth-order valence-corrected chi connectivity index (χ4v) is 4.13. The number of carbonyl (C=O) groups excluding carboxylic acids is 1. The molecule has 0 unspecified atom stereocenters. The number of halogens is 2. The zero-order chi connectivity index (χ0) is 20.7. The van der Waals surface area contributed by atoms with Gasteiger partial charge in [0.25, 0.3) is 5.91 Å². The van der Waals surface area contributed by atoms with Crippen molar-refractivity contribution in [1.82, 2.24) is 9.62 Å². The Morgan fingerprint density at radius 1 is 1.11 bits per heavy atom. The highest BCUT2D eigenvalue weighted by Gasteiger charge is 2.22. The van der Waals surface area contributed by atoms with Crippen LogP contribution in [0.25, 0.3) is 0 Å². The van der Waals surface area contributed by atoms with E-state index >= 15 is 0 Å². The second kappa shape index (κ2) is 9.61. The Balaban J connectivity index is 2.12. The number of sulfonamides is 1. The SMILES string of the molecule is CCN(CC)S(=O)(=O)c1cccc(C(=O)NCc2cccc(OC(F)F)c2)c1. The number of rotatable bonds is 9. The number of hydrogen-bond donors (Lipinski definition) is 1. The summed E-state index contributed by atoms with van der Waals surface area (Å²) in [7, 11) is -3.68. The molecule has 28 heavy (non-hydrogen) atoms. The molecule has 0 spiro atoms. The predicted octanol–water partition coefficient (Wildman–Crippen LogP) is 3.25. The van der Waals surface area contributed by atoms with Gasteiger partial charge in [-0.25, -0.2) is 8.42 Å². The van der Waals surface area contributed by atoms with Crippen molar-refractivity contribution in [2.45, 2.75) is 31.9 Å². The summed E-state index contributed by atoms with van der Waals surface area (Å²) in [6, 6.07) is 11.7. The third-order valence-corrected chi connectivity index (χ3v) is 6.06. The molecule has 0 saturated heterocycles. The van der Waals surface area contributed by atoms with Crippen molar-refractivity contribution in [3.63, 3.8) is 0 Å². The van der Waals surface area contributed by atoms with E-state index in [1.165, 1.54) is 46.8 Å². The molecule has 0 heterocycles. The smallest absolute Gasteiger partial charge is 0.387 e. The number of benzene rings is 2. The maximum atomic E-state index is 12.6. The van der Waals surface area contributed by atoms with Gasteiger partial charge in [-0.3, -0.25) is 4.79 Å². The van der Waals surface area contributed by atoms with Crippen LogP contribution < -0.4 is 10.1 Å². The maximum absolute atomic E-state index is 12.6. The van der Waals surface area contributed by atoms with Crippen LogP contribution >= 0.6 is 0 Å². The fourth-order valence-electron chi connectivity index (χ4n) is 2.63. The summed E-state index contributed by atoms with van der Waals surface area (Å²) in [4.78, 5) is 12.4. The summed E-state index contributed by atoms with van der Waals surface area (Å²) in [5.41, 5.74) is 0.756. The molecule has 1 amide bonds. The maximum Gasteiger partial charge on any atom is 0.387 e. The molecule has 0 atom stereocenters. The average Bonchev–Trinajstić information content (AvgIpc) is 2.66. The molecule has 2 aromatic rings. The van der Waals surface area contributed by atoms with Gasteiger partial charge in [-0.05, 0) is 35.9 Å². The molecule has 0 bridgehead atoms. The Morgan fingerprint density at radius 3 is 2.43 bits per heavy atom. The number of carbonyl (C=O) groups is 1. The summed E-state index contributed by atoms with van der Waals surface area (Å²) in [5, 5.41) is 2.64. The second-order valence-electron chi connectivity index (χ2n) is 5.83. The first-order valence-electron chi connectivity index (χ1n) is 8.70. The van der Waals surface area contributed by atoms with Crippen LogP contribution in [0.2, 0.25) is 0 Å². The van der Waals surface area contributed by atoms with Gasteiger partial charge in [0.2, 0.25) is 10.0 Å². The number of amides is 1. The topological polar surface area (TPSA) is 75.7 Å². The monoisotopic (exact) mass is 412 g/mol. The van der Waals surface area contributed by atoms with E-state index in [1.807, 2.05) is 0 Å². The van der Waals surface area contributed by atoms with E-state index in [0.717, 1.165) is 0 Å². The minimum Gasteiger partial charge on any atom is -0.435 e. The Labute approximate surface area is 163 Å². The fraction of sp³-hybridized carbons (Fsp3) is 0.316. The molecule has 2 rings (SSSR count). The molecule has 0 aliphatic rings. The lowest BCUT2D eigenvalue weighted by atomic mass is 10.2. The van der Waals surface area contributed by atoms with Crippen LogP contribution in [0.1, 0.15) is 29.8 Å². The number of alkyl halides is 2. The molecular formula is C19H22F2N2O4S. The van der Waals surface area contributed by atoms with Gasteiger partial charge in [0.05, 0.1) is 4.90 Å². The normalized spacial score (nSPS) is 11.6. The van der Waals surface area contributed by atoms with Gasteiger partial charge in [0.1, 0.15) is 5.75 Å². The molecule has 9 heteroatoms. The average molecular weight is 412 g/mol. The largest absolute Gasteiger partial charge is 0.435 e. The van der Waals surface area contributed by atoms with Gasteiger partial charge in [-0.1, -0.05) is 32.0 Å². The summed E-state index contributed by atoms with van der Waals surface area (Å²) < 4.78 is 55.4. The number of hydrogen-bond acceptors (Lipinski definition) is 4. The summed E-state index contributed by atoms with van der Waals surface area (Å²) in [6.45, 7) is 1.28. The van der Waals surface area contributed by atoms with Crippen LogP contribution in [-0.2, 0) is 16.6 Å². The molecule has 0 radical (unpaired) electrons. The molecule has 1 N–H and O–H groups in total. The predicted molar refractivity (Wildman–Crippen MR) is 101 cm³/mol. The van der Waals surface area contributed by atoms with E-state index in [9.17, 15) is 22.0 Å². The Bertz CT molecular complexity index is 916. The summed E-state index contributed by atoms with van der Waals surface area (Å²) in [5.74, 6) is -0.481. The molecule has 0 aromatic heterocycles. The molecule has 6 nitrogen and oxygen atoms in total. The van der Waals surface area contributed by atoms with Gasteiger partial charge in [-0.2, -0.15) is 13.1 Å². The zero-order valence-electron chi connectivity index (χ0n) is 15.6. The van der Waals surface area contributed by atoms with Gasteiger partial charge in [-0.15, -0.1) is 0 Å². The Hall–Kier alpha value is -2.52. The van der Waals surface area contributed by atoms with Crippen molar-refractivity contribution in [2.75, 3.05) is 13.1 Å². The van der Waals surface area contributed by atoms with Crippen LogP contribution in [-0.4, -0.2) is 38.3 Å². The van der Waals surface area contributed by atoms with Crippen LogP contribution in [0.3, 0.4) is 0 Å². The van der Waals surface area contributed by atoms with Crippen molar-refractivity contribution in [3.8, 4) is 5.75 Å². The van der Waals surface area contributed by atoms with E-state index < -0.39 is 22.5 Å². The minimum absolute atomic E-state index is 0.00550. The standard InChI is InChI=1S/C19H22F2N2O4S/c1-3-23(4-2)28(25,26)17-10-6-8-15(12-17)18(24)22-13-14-7-5-9-16(11-14)27-19(20)21/h5-12,19H,3-4,13H2,1-2H3,(H,22,24). The quantitative estimate of drug-likeness (QED) is 0.686. The number of ether oxygens (including phenoxy) is 1. The van der Waals surface area contributed by atoms with Crippen molar-refractivity contribution >= 4 is 15.9 Å². The van der Waals surface area contributed by atoms with Crippen LogP contribution in [0.5, 0.6) is 5.75 Å². The Morgan fingerprint density at radius 2 is 1.79 bits per heavy atom. The highest BCUT2D eigenvalue weighted by atomic mass is 32.2. The van der Waals surface area contributed by atoms with Crippen LogP contribution in [0.4, 0.5) is 8.78 Å². The lowest BCUT2D eigenvalue weighted by Crippen LogP contribution is -2.31. The lowest BCUT2D eigenvalue weighted by Gasteiger charge is -2.18. The number of nitrogens with zero attached hydrogens (tertiary/aromatic N) is 1. The van der Waals surface area contributed by atoms with Crippen LogP contribution in [0, 0.1) is 0 Å². The molecule has 2 aromatic carbocycles. The second-order valence-corrected chi connectivity index (χ2v) is 7.76. The molecule has 0 aliphatic heterocycles. The molecule has 0 saturated carbocycles. The van der Waals surface area contributed by atoms with E-state index in [-0.39, 0.29) is 22.8 Å². The van der Waals surface area contributed by atoms with E-state index in [0.29, 0.717) is 18.7 Å². The van der Waals surface area contributed by atoms with Crippen molar-refractivity contribution in [2.24, 2.45) is 0 Å². The summed E-state index contributed by atoms with van der Waals surface area (Å²) >= 11 is 0. The van der Waals surface area contributed by atoms with Crippen molar-refractivity contribution < 1.29 is 26.7 Å². The van der Waals surface area contributed by atoms with Crippen molar-refractivity contribution in [3.05, 3.63) is 59.7 Å². The van der Waals surface area contributed by atoms with E-state index in [4.69, 9.17) is 0 Å². The highest BCUT2D eigenvalue weighted by Crippen LogP contribution is 2.18.